The number of hydrogen-bond acceptors (Lipinski definition) is 3. The zero-order valence-electron chi connectivity index (χ0n) is 13.9. The number of anilines is 1. The van der Waals surface area contributed by atoms with Crippen LogP contribution in [0.1, 0.15) is 24.5 Å². The first-order valence-corrected chi connectivity index (χ1v) is 7.85. The van der Waals surface area contributed by atoms with Crippen molar-refractivity contribution >= 4 is 17.7 Å². The quantitative estimate of drug-likeness (QED) is 0.636. The van der Waals surface area contributed by atoms with Crippen LogP contribution in [-0.4, -0.2) is 12.5 Å². The van der Waals surface area contributed by atoms with Crippen molar-refractivity contribution in [3.63, 3.8) is 0 Å². The normalized spacial score (nSPS) is 10.8. The summed E-state index contributed by atoms with van der Waals surface area (Å²) in [7, 11) is 0. The molecule has 122 valence electrons. The lowest BCUT2D eigenvalue weighted by Gasteiger charge is -2.06. The van der Waals surface area contributed by atoms with Gasteiger partial charge in [0.25, 0.3) is 5.91 Å². The average molecular weight is 320 g/mol. The predicted molar refractivity (Wildman–Crippen MR) is 95.6 cm³/mol. The summed E-state index contributed by atoms with van der Waals surface area (Å²) in [5.74, 6) is 0.353. The molecule has 4 heteroatoms. The van der Waals surface area contributed by atoms with E-state index < -0.39 is 5.91 Å². The van der Waals surface area contributed by atoms with Gasteiger partial charge in [0, 0.05) is 5.69 Å². The van der Waals surface area contributed by atoms with Crippen molar-refractivity contribution in [2.75, 3.05) is 11.9 Å². The molecule has 0 radical (unpaired) electrons. The molecule has 0 saturated heterocycles. The summed E-state index contributed by atoms with van der Waals surface area (Å²) < 4.78 is 5.51. The van der Waals surface area contributed by atoms with Crippen molar-refractivity contribution in [2.24, 2.45) is 0 Å². The maximum absolute atomic E-state index is 12.2. The van der Waals surface area contributed by atoms with Gasteiger partial charge in [0.05, 0.1) is 6.61 Å². The minimum Gasteiger partial charge on any atom is -0.494 e. The van der Waals surface area contributed by atoms with E-state index in [1.807, 2.05) is 62.4 Å². The van der Waals surface area contributed by atoms with Crippen molar-refractivity contribution in [2.45, 2.75) is 20.3 Å². The van der Waals surface area contributed by atoms with Crippen LogP contribution >= 0.6 is 0 Å². The topological polar surface area (TPSA) is 62.1 Å². The van der Waals surface area contributed by atoms with Gasteiger partial charge in [-0.2, -0.15) is 5.26 Å². The summed E-state index contributed by atoms with van der Waals surface area (Å²) in [5, 5.41) is 12.0. The number of nitriles is 1. The molecule has 2 rings (SSSR count). The Bertz CT molecular complexity index is 771. The number of nitrogens with one attached hydrogen (secondary N) is 1. The lowest BCUT2D eigenvalue weighted by atomic mass is 10.1. The van der Waals surface area contributed by atoms with Gasteiger partial charge in [-0.15, -0.1) is 0 Å². The highest BCUT2D eigenvalue weighted by Gasteiger charge is 2.09. The highest BCUT2D eigenvalue weighted by Crippen LogP contribution is 2.16. The van der Waals surface area contributed by atoms with Crippen molar-refractivity contribution in [3.05, 3.63) is 65.2 Å². The Morgan fingerprint density at radius 2 is 2.00 bits per heavy atom. The molecule has 0 aromatic heterocycles. The predicted octanol–water partition coefficient (Wildman–Crippen LogP) is 4.33. The number of aryl methyl sites for hydroxylation is 1. The smallest absolute Gasteiger partial charge is 0.266 e. The van der Waals surface area contributed by atoms with Crippen molar-refractivity contribution in [1.82, 2.24) is 0 Å². The molecule has 0 aliphatic rings. The molecular formula is C20H20N2O2. The molecule has 2 aromatic carbocycles. The van der Waals surface area contributed by atoms with Gasteiger partial charge in [-0.25, -0.2) is 0 Å². The monoisotopic (exact) mass is 320 g/mol. The van der Waals surface area contributed by atoms with Crippen molar-refractivity contribution < 1.29 is 9.53 Å². The molecule has 0 aliphatic heterocycles. The summed E-state index contributed by atoms with van der Waals surface area (Å²) in [6, 6.07) is 16.7. The number of carbonyl (C=O) groups excluding carboxylic acids is 1. The van der Waals surface area contributed by atoms with Gasteiger partial charge < -0.3 is 10.1 Å². The Hall–Kier alpha value is -3.06. The van der Waals surface area contributed by atoms with E-state index in [9.17, 15) is 10.1 Å². The Kier molecular flexibility index (Phi) is 6.16. The maximum atomic E-state index is 12.2. The van der Waals surface area contributed by atoms with Crippen molar-refractivity contribution in [3.8, 4) is 11.8 Å². The lowest BCUT2D eigenvalue weighted by molar-refractivity contribution is -0.112. The molecule has 1 amide bonds. The van der Waals surface area contributed by atoms with E-state index >= 15 is 0 Å². The minimum absolute atomic E-state index is 0.0544. The van der Waals surface area contributed by atoms with Gasteiger partial charge in [-0.1, -0.05) is 31.2 Å². The Labute approximate surface area is 142 Å². The van der Waals surface area contributed by atoms with E-state index in [0.717, 1.165) is 23.3 Å². The Balaban J connectivity index is 2.10. The minimum atomic E-state index is -0.422. The van der Waals surface area contributed by atoms with Crippen molar-refractivity contribution in [1.29, 1.82) is 5.26 Å². The van der Waals surface area contributed by atoms with Crippen LogP contribution in [0.5, 0.6) is 5.75 Å². The van der Waals surface area contributed by atoms with Gasteiger partial charge in [0.15, 0.2) is 0 Å². The Morgan fingerprint density at radius 1 is 1.25 bits per heavy atom. The summed E-state index contributed by atoms with van der Waals surface area (Å²) in [6.07, 6.45) is 2.51. The lowest BCUT2D eigenvalue weighted by Crippen LogP contribution is -2.13. The van der Waals surface area contributed by atoms with Gasteiger partial charge in [-0.05, 0) is 54.8 Å². The third kappa shape index (κ3) is 4.99. The zero-order chi connectivity index (χ0) is 17.4. The molecule has 0 unspecified atom stereocenters. The fourth-order valence-electron chi connectivity index (χ4n) is 2.12. The molecule has 2 aromatic rings. The fraction of sp³-hybridized carbons (Fsp3) is 0.200. The van der Waals surface area contributed by atoms with Gasteiger partial charge in [0.2, 0.25) is 0 Å². The molecule has 0 aliphatic carbocycles. The first-order valence-electron chi connectivity index (χ1n) is 7.85. The van der Waals surface area contributed by atoms with Crippen LogP contribution in [-0.2, 0) is 4.79 Å². The van der Waals surface area contributed by atoms with E-state index in [0.29, 0.717) is 12.3 Å². The highest BCUT2D eigenvalue weighted by molar-refractivity contribution is 6.09. The van der Waals surface area contributed by atoms with Crippen LogP contribution in [0.4, 0.5) is 5.69 Å². The van der Waals surface area contributed by atoms with E-state index in [2.05, 4.69) is 5.32 Å². The number of amides is 1. The number of ether oxygens (including phenoxy) is 1. The number of benzene rings is 2. The summed E-state index contributed by atoms with van der Waals surface area (Å²) in [4.78, 5) is 12.2. The number of carbonyl (C=O) groups is 1. The largest absolute Gasteiger partial charge is 0.494 e. The molecule has 4 nitrogen and oxygen atoms in total. The molecule has 1 N–H and O–H groups in total. The molecule has 0 spiro atoms. The Morgan fingerprint density at radius 3 is 2.62 bits per heavy atom. The second-order valence-electron chi connectivity index (χ2n) is 5.41. The highest BCUT2D eigenvalue weighted by atomic mass is 16.5. The van der Waals surface area contributed by atoms with Crippen LogP contribution in [0, 0.1) is 18.3 Å². The summed E-state index contributed by atoms with van der Waals surface area (Å²) in [5.41, 5.74) is 2.54. The average Bonchev–Trinajstić information content (AvgIpc) is 2.58. The third-order valence-corrected chi connectivity index (χ3v) is 3.30. The molecule has 0 heterocycles. The zero-order valence-corrected chi connectivity index (χ0v) is 13.9. The van der Waals surface area contributed by atoms with E-state index in [4.69, 9.17) is 4.74 Å². The van der Waals surface area contributed by atoms with Crippen LogP contribution in [0.3, 0.4) is 0 Å². The van der Waals surface area contributed by atoms with Crippen LogP contribution in [0.2, 0.25) is 0 Å². The number of nitrogens with zero attached hydrogens (tertiary/aromatic N) is 1. The molecule has 0 bridgehead atoms. The maximum Gasteiger partial charge on any atom is 0.266 e. The second-order valence-corrected chi connectivity index (χ2v) is 5.41. The van der Waals surface area contributed by atoms with E-state index in [1.54, 1.807) is 12.1 Å². The van der Waals surface area contributed by atoms with E-state index in [1.165, 1.54) is 0 Å². The molecule has 24 heavy (non-hydrogen) atoms. The fourth-order valence-corrected chi connectivity index (χ4v) is 2.12. The second kappa shape index (κ2) is 8.54. The van der Waals surface area contributed by atoms with Gasteiger partial charge in [0.1, 0.15) is 17.4 Å². The first-order chi connectivity index (χ1) is 11.6. The third-order valence-electron chi connectivity index (χ3n) is 3.30. The SMILES string of the molecule is CCCOc1ccc(/C=C(\C#N)C(=O)Nc2cccc(C)c2)cc1. The standard InChI is InChI=1S/C20H20N2O2/c1-3-11-24-19-9-7-16(8-10-19)13-17(14-21)20(23)22-18-6-4-5-15(2)12-18/h4-10,12-13H,3,11H2,1-2H3,(H,22,23)/b17-13+. The number of hydrogen-bond donors (Lipinski definition) is 1. The molecule has 0 saturated carbocycles. The number of rotatable bonds is 6. The van der Waals surface area contributed by atoms with Crippen LogP contribution in [0.25, 0.3) is 6.08 Å². The summed E-state index contributed by atoms with van der Waals surface area (Å²) >= 11 is 0. The molecule has 0 fully saturated rings. The van der Waals surface area contributed by atoms with Crippen LogP contribution < -0.4 is 10.1 Å². The van der Waals surface area contributed by atoms with Gasteiger partial charge >= 0.3 is 0 Å². The first kappa shape index (κ1) is 17.3. The molecular weight excluding hydrogens is 300 g/mol. The van der Waals surface area contributed by atoms with Crippen LogP contribution in [0.15, 0.2) is 54.1 Å². The summed E-state index contributed by atoms with van der Waals surface area (Å²) in [6.45, 7) is 4.65. The van der Waals surface area contributed by atoms with E-state index in [-0.39, 0.29) is 5.57 Å². The van der Waals surface area contributed by atoms with Gasteiger partial charge in [-0.3, -0.25) is 4.79 Å². The molecule has 0 atom stereocenters.